The number of halogens is 2. The van der Waals surface area contributed by atoms with Gasteiger partial charge in [-0.2, -0.15) is 0 Å². The Kier molecular flexibility index (Phi) is 5.48. The van der Waals surface area contributed by atoms with Crippen LogP contribution < -0.4 is 4.74 Å². The fourth-order valence-electron chi connectivity index (χ4n) is 5.85. The molecule has 0 radical (unpaired) electrons. The smallest absolute Gasteiger partial charge is 0.233 e. The first-order valence-corrected chi connectivity index (χ1v) is 12.4. The lowest BCUT2D eigenvalue weighted by atomic mass is 9.59. The van der Waals surface area contributed by atoms with Crippen LogP contribution in [-0.4, -0.2) is 47.5 Å². The van der Waals surface area contributed by atoms with Crippen LogP contribution in [0.15, 0.2) is 49.5 Å². The summed E-state index contributed by atoms with van der Waals surface area (Å²) in [5.74, 6) is -2.89. The van der Waals surface area contributed by atoms with Gasteiger partial charge in [-0.3, -0.25) is 24.1 Å². The number of Topliss-reactive ketones (excluding diaryl/α,β-unsaturated/α-hetero) is 1. The Hall–Kier alpha value is -2.52. The van der Waals surface area contributed by atoms with Crippen molar-refractivity contribution < 1.29 is 29.0 Å². The second kappa shape index (κ2) is 8.02. The lowest BCUT2D eigenvalue weighted by molar-refractivity contribution is -0.138. The third-order valence-corrected chi connectivity index (χ3v) is 9.65. The summed E-state index contributed by atoms with van der Waals surface area (Å²) >= 11 is 6.94. The van der Waals surface area contributed by atoms with Crippen molar-refractivity contribution in [3.8, 4) is 11.5 Å². The molecule has 3 aliphatic carbocycles. The molecule has 7 nitrogen and oxygen atoms in total. The number of amides is 2. The standard InChI is InChI=1S/C25H21Br2NO6/c1-9-6-15(29)13-7-12-10(4-5-11-18(12)25(33)28(2)24(11)32)17(19(13)22(9)30)14-8-16(34-3)23(31)21(27)20(14)26/h4,6,8,11-12,17-18,31H,5,7H2,1-3H3/t11-,12+,17+,18-/m0/s1. The van der Waals surface area contributed by atoms with Gasteiger partial charge >= 0.3 is 0 Å². The van der Waals surface area contributed by atoms with Crippen LogP contribution in [0.5, 0.6) is 11.5 Å². The van der Waals surface area contributed by atoms with Crippen LogP contribution in [0.2, 0.25) is 0 Å². The zero-order valence-electron chi connectivity index (χ0n) is 18.6. The van der Waals surface area contributed by atoms with Crippen molar-refractivity contribution in [1.82, 2.24) is 4.90 Å². The van der Waals surface area contributed by atoms with E-state index in [1.165, 1.54) is 25.1 Å². The average Bonchev–Trinajstić information content (AvgIpc) is 3.04. The molecule has 0 spiro atoms. The molecular weight excluding hydrogens is 570 g/mol. The van der Waals surface area contributed by atoms with Crippen LogP contribution in [0, 0.1) is 17.8 Å². The third kappa shape index (κ3) is 3.05. The number of likely N-dealkylation sites (tertiary alicyclic amines) is 1. The van der Waals surface area contributed by atoms with Crippen molar-refractivity contribution >= 4 is 55.2 Å². The van der Waals surface area contributed by atoms with Crippen molar-refractivity contribution in [2.75, 3.05) is 14.2 Å². The third-order valence-electron chi connectivity index (χ3n) is 7.49. The maximum atomic E-state index is 13.4. The SMILES string of the molecule is COc1cc([C@H]2C3=CC[C@@H]4C(=O)N(C)C(=O)[C@@H]4[C@@H]3CC3=C2C(=O)C(C)=CC3=O)c(Br)c(Br)c1O. The van der Waals surface area contributed by atoms with Gasteiger partial charge < -0.3 is 9.84 Å². The number of ketones is 2. The number of carbonyl (C=O) groups excluding carboxylic acids is 4. The number of imide groups is 1. The van der Waals surface area contributed by atoms with Crippen LogP contribution in [0.3, 0.4) is 0 Å². The maximum Gasteiger partial charge on any atom is 0.233 e. The van der Waals surface area contributed by atoms with Gasteiger partial charge in [-0.25, -0.2) is 0 Å². The number of hydrogen-bond acceptors (Lipinski definition) is 6. The molecule has 176 valence electrons. The van der Waals surface area contributed by atoms with Crippen LogP contribution in [0.25, 0.3) is 0 Å². The van der Waals surface area contributed by atoms with Crippen LogP contribution >= 0.6 is 31.9 Å². The van der Waals surface area contributed by atoms with Crippen LogP contribution in [0.1, 0.15) is 31.2 Å². The molecule has 2 amide bonds. The number of benzene rings is 1. The molecule has 1 aliphatic heterocycles. The highest BCUT2D eigenvalue weighted by Crippen LogP contribution is 2.57. The van der Waals surface area contributed by atoms with Crippen molar-refractivity contribution in [1.29, 1.82) is 0 Å². The summed E-state index contributed by atoms with van der Waals surface area (Å²) in [6.45, 7) is 1.62. The summed E-state index contributed by atoms with van der Waals surface area (Å²) in [5, 5.41) is 10.5. The highest BCUT2D eigenvalue weighted by molar-refractivity contribution is 9.13. The predicted octanol–water partition coefficient (Wildman–Crippen LogP) is 3.99. The van der Waals surface area contributed by atoms with Gasteiger partial charge in [-0.1, -0.05) is 11.6 Å². The summed E-state index contributed by atoms with van der Waals surface area (Å²) in [4.78, 5) is 53.5. The van der Waals surface area contributed by atoms with Gasteiger partial charge in [0.25, 0.3) is 0 Å². The van der Waals surface area contributed by atoms with E-state index in [9.17, 15) is 24.3 Å². The lowest BCUT2D eigenvalue weighted by Gasteiger charge is -2.42. The fraction of sp³-hybridized carbons (Fsp3) is 0.360. The van der Waals surface area contributed by atoms with E-state index in [0.717, 1.165) is 5.57 Å². The summed E-state index contributed by atoms with van der Waals surface area (Å²) < 4.78 is 6.24. The first kappa shape index (κ1) is 23.2. The van der Waals surface area contributed by atoms with E-state index in [1.807, 2.05) is 6.08 Å². The van der Waals surface area contributed by atoms with Crippen LogP contribution in [0.4, 0.5) is 0 Å². The summed E-state index contributed by atoms with van der Waals surface area (Å²) in [6, 6.07) is 1.65. The number of allylic oxidation sites excluding steroid dienone is 6. The number of aromatic hydroxyl groups is 1. The van der Waals surface area contributed by atoms with Gasteiger partial charge in [-0.05, 0) is 75.2 Å². The van der Waals surface area contributed by atoms with Gasteiger partial charge in [0.05, 0.1) is 23.4 Å². The minimum atomic E-state index is -0.635. The predicted molar refractivity (Wildman–Crippen MR) is 129 cm³/mol. The average molecular weight is 591 g/mol. The van der Waals surface area contributed by atoms with Crippen molar-refractivity contribution in [2.24, 2.45) is 17.8 Å². The fourth-order valence-corrected chi connectivity index (χ4v) is 6.81. The molecule has 0 unspecified atom stereocenters. The quantitative estimate of drug-likeness (QED) is 0.318. The number of phenols is 1. The van der Waals surface area contributed by atoms with Crippen molar-refractivity contribution in [2.45, 2.75) is 25.7 Å². The molecule has 1 heterocycles. The van der Waals surface area contributed by atoms with E-state index in [2.05, 4.69) is 31.9 Å². The van der Waals surface area contributed by atoms with E-state index in [4.69, 9.17) is 4.74 Å². The number of hydrogen-bond donors (Lipinski definition) is 1. The second-order valence-corrected chi connectivity index (χ2v) is 10.7. The van der Waals surface area contributed by atoms with E-state index < -0.39 is 23.7 Å². The number of nitrogens with zero attached hydrogens (tertiary/aromatic N) is 1. The van der Waals surface area contributed by atoms with E-state index in [0.29, 0.717) is 37.6 Å². The number of carbonyl (C=O) groups is 4. The highest BCUT2D eigenvalue weighted by Gasteiger charge is 2.55. The molecule has 5 rings (SSSR count). The van der Waals surface area contributed by atoms with Crippen molar-refractivity contribution in [3.63, 3.8) is 0 Å². The first-order valence-electron chi connectivity index (χ1n) is 10.8. The number of phenolic OH excluding ortho intramolecular Hbond substituents is 1. The zero-order valence-corrected chi connectivity index (χ0v) is 21.8. The number of ether oxygens (including phenoxy) is 1. The largest absolute Gasteiger partial charge is 0.503 e. The molecule has 4 atom stereocenters. The molecular formula is C25H21Br2NO6. The lowest BCUT2D eigenvalue weighted by Crippen LogP contribution is -2.39. The molecule has 34 heavy (non-hydrogen) atoms. The Bertz CT molecular complexity index is 1310. The molecule has 4 aliphatic rings. The topological polar surface area (TPSA) is 101 Å². The Balaban J connectivity index is 1.78. The van der Waals surface area contributed by atoms with Gasteiger partial charge in [0, 0.05) is 34.2 Å². The molecule has 1 aromatic carbocycles. The monoisotopic (exact) mass is 589 g/mol. The molecule has 1 fully saturated rings. The van der Waals surface area contributed by atoms with Gasteiger partial charge in [-0.15, -0.1) is 0 Å². The maximum absolute atomic E-state index is 13.4. The Morgan fingerprint density at radius 2 is 1.79 bits per heavy atom. The molecule has 1 saturated heterocycles. The van der Waals surface area contributed by atoms with Crippen LogP contribution in [-0.2, 0) is 19.2 Å². The number of rotatable bonds is 2. The first-order chi connectivity index (χ1) is 16.1. The Labute approximate surface area is 212 Å². The number of methoxy groups -OCH3 is 1. The van der Waals surface area contributed by atoms with Crippen molar-refractivity contribution in [3.05, 3.63) is 55.0 Å². The van der Waals surface area contributed by atoms with E-state index in [-0.39, 0.29) is 41.3 Å². The zero-order chi connectivity index (χ0) is 24.6. The molecule has 1 N–H and O–H groups in total. The molecule has 0 saturated carbocycles. The Morgan fingerprint density at radius 3 is 2.47 bits per heavy atom. The minimum Gasteiger partial charge on any atom is -0.503 e. The molecule has 0 bridgehead atoms. The highest BCUT2D eigenvalue weighted by atomic mass is 79.9. The minimum absolute atomic E-state index is 0.0994. The van der Waals surface area contributed by atoms with Gasteiger partial charge in [0.1, 0.15) is 0 Å². The number of fused-ring (bicyclic) bond motifs is 3. The van der Waals surface area contributed by atoms with Gasteiger partial charge in [0.2, 0.25) is 11.8 Å². The van der Waals surface area contributed by atoms with E-state index >= 15 is 0 Å². The summed E-state index contributed by atoms with van der Waals surface area (Å²) in [6.07, 6.45) is 3.92. The van der Waals surface area contributed by atoms with Gasteiger partial charge in [0.15, 0.2) is 23.1 Å². The second-order valence-electron chi connectivity index (χ2n) is 9.11. The Morgan fingerprint density at radius 1 is 1.09 bits per heavy atom. The normalized spacial score (nSPS) is 28.4. The molecule has 9 heteroatoms. The summed E-state index contributed by atoms with van der Waals surface area (Å²) in [5.41, 5.74) is 2.59. The molecule has 1 aromatic rings. The summed E-state index contributed by atoms with van der Waals surface area (Å²) in [7, 11) is 2.92. The molecule has 0 aromatic heterocycles. The van der Waals surface area contributed by atoms with E-state index in [1.54, 1.807) is 13.0 Å².